The van der Waals surface area contributed by atoms with E-state index in [0.29, 0.717) is 25.7 Å². The summed E-state index contributed by atoms with van der Waals surface area (Å²) in [5, 5.41) is 10.6. The highest BCUT2D eigenvalue weighted by Crippen LogP contribution is 2.45. The van der Waals surface area contributed by atoms with E-state index in [2.05, 4.69) is 27.7 Å². The van der Waals surface area contributed by atoms with Gasteiger partial charge in [-0.15, -0.1) is 0 Å². The molecule has 0 fully saturated rings. The molecular formula is C73H142O17P2. The third-order valence-corrected chi connectivity index (χ3v) is 19.0. The molecular weight excluding hydrogens is 1210 g/mol. The lowest BCUT2D eigenvalue weighted by Crippen LogP contribution is -2.30. The summed E-state index contributed by atoms with van der Waals surface area (Å²) in [6.45, 7) is 4.95. The summed E-state index contributed by atoms with van der Waals surface area (Å²) in [5.74, 6) is -2.12. The van der Waals surface area contributed by atoms with Crippen molar-refractivity contribution in [3.63, 3.8) is 0 Å². The standard InChI is InChI=1S/C73H142O17P2/c1-5-9-13-17-21-25-28-30-32-34-36-38-40-44-48-52-56-60-73(78)90-69(64-84-71(76)58-54-50-46-43-39-37-35-33-31-29-26-22-18-14-10-6-2)66-88-92(81,82)86-62-67(74)61-85-91(79,80)87-65-68(63-83-70(75)57-53-49-45-41-24-20-16-12-8-4)89-72(77)59-55-51-47-42-27-23-19-15-11-7-3/h67-69,74H,5-66H2,1-4H3,(H,79,80)(H,81,82)/t67-,68+,69+/m0/s1. The molecule has 0 aliphatic heterocycles. The molecule has 0 saturated carbocycles. The van der Waals surface area contributed by atoms with Gasteiger partial charge in [0.1, 0.15) is 19.3 Å². The van der Waals surface area contributed by atoms with Crippen LogP contribution in [0.15, 0.2) is 0 Å². The van der Waals surface area contributed by atoms with Crippen LogP contribution in [0.4, 0.5) is 0 Å². The van der Waals surface area contributed by atoms with Crippen LogP contribution < -0.4 is 0 Å². The number of carbonyl (C=O) groups excluding carboxylic acids is 4. The SMILES string of the molecule is CCCCCCCCCCCCCCCCCCCC(=O)O[C@H](COC(=O)CCCCCCCCCCCCCCCCCC)COP(=O)(O)OC[C@@H](O)COP(=O)(O)OC[C@@H](COC(=O)CCCCCCCCCCC)OC(=O)CCCCCCCCCCCC. The molecule has 0 aliphatic rings. The van der Waals surface area contributed by atoms with Crippen molar-refractivity contribution in [2.24, 2.45) is 0 Å². The van der Waals surface area contributed by atoms with Gasteiger partial charge in [-0.05, 0) is 25.7 Å². The fourth-order valence-electron chi connectivity index (χ4n) is 11.2. The maximum atomic E-state index is 13.1. The van der Waals surface area contributed by atoms with Gasteiger partial charge in [0, 0.05) is 25.7 Å². The number of hydrogen-bond acceptors (Lipinski definition) is 15. The fraction of sp³-hybridized carbons (Fsp3) is 0.945. The van der Waals surface area contributed by atoms with Crippen LogP contribution >= 0.6 is 15.6 Å². The van der Waals surface area contributed by atoms with Crippen LogP contribution in [-0.4, -0.2) is 96.7 Å². The number of aliphatic hydroxyl groups is 1. The highest BCUT2D eigenvalue weighted by Gasteiger charge is 2.30. The molecule has 0 radical (unpaired) electrons. The number of unbranched alkanes of at least 4 members (excludes halogenated alkanes) is 48. The number of phosphoric ester groups is 2. The number of esters is 4. The first-order valence-electron chi connectivity index (χ1n) is 38.3. The molecule has 546 valence electrons. The van der Waals surface area contributed by atoms with Crippen molar-refractivity contribution < 1.29 is 80.2 Å². The number of aliphatic hydroxyl groups excluding tert-OH is 1. The van der Waals surface area contributed by atoms with E-state index in [4.69, 9.17) is 37.0 Å². The zero-order valence-electron chi connectivity index (χ0n) is 59.5. The van der Waals surface area contributed by atoms with Crippen molar-refractivity contribution in [2.75, 3.05) is 39.6 Å². The lowest BCUT2D eigenvalue weighted by atomic mass is 10.0. The maximum Gasteiger partial charge on any atom is 0.472 e. The molecule has 0 heterocycles. The van der Waals surface area contributed by atoms with E-state index in [0.717, 1.165) is 89.9 Å². The first kappa shape index (κ1) is 90.1. The zero-order chi connectivity index (χ0) is 67.5. The van der Waals surface area contributed by atoms with Gasteiger partial charge in [-0.2, -0.15) is 0 Å². The number of rotatable bonds is 74. The molecule has 92 heavy (non-hydrogen) atoms. The highest BCUT2D eigenvalue weighted by molar-refractivity contribution is 7.47. The molecule has 2 unspecified atom stereocenters. The number of hydrogen-bond donors (Lipinski definition) is 3. The smallest absolute Gasteiger partial charge is 0.462 e. The lowest BCUT2D eigenvalue weighted by molar-refractivity contribution is -0.161. The molecule has 0 aromatic rings. The summed E-state index contributed by atoms with van der Waals surface area (Å²) < 4.78 is 68.3. The van der Waals surface area contributed by atoms with Crippen molar-refractivity contribution in [1.82, 2.24) is 0 Å². The van der Waals surface area contributed by atoms with Gasteiger partial charge >= 0.3 is 39.5 Å². The molecule has 0 aromatic carbocycles. The molecule has 0 aliphatic carbocycles. The lowest BCUT2D eigenvalue weighted by Gasteiger charge is -2.21. The molecule has 19 heteroatoms. The van der Waals surface area contributed by atoms with Crippen molar-refractivity contribution in [3.05, 3.63) is 0 Å². The Labute approximate surface area is 562 Å². The second-order valence-electron chi connectivity index (χ2n) is 26.3. The van der Waals surface area contributed by atoms with E-state index in [1.54, 1.807) is 0 Å². The first-order valence-corrected chi connectivity index (χ1v) is 41.3. The largest absolute Gasteiger partial charge is 0.472 e. The Kier molecular flexibility index (Phi) is 66.2. The van der Waals surface area contributed by atoms with Crippen molar-refractivity contribution in [3.8, 4) is 0 Å². The summed E-state index contributed by atoms with van der Waals surface area (Å²) in [4.78, 5) is 72.6. The molecule has 0 saturated heterocycles. The second kappa shape index (κ2) is 67.6. The summed E-state index contributed by atoms with van der Waals surface area (Å²) in [5.41, 5.74) is 0. The molecule has 0 bridgehead atoms. The van der Waals surface area contributed by atoms with Crippen LogP contribution in [0, 0.1) is 0 Å². The van der Waals surface area contributed by atoms with E-state index in [1.807, 2.05) is 0 Å². The van der Waals surface area contributed by atoms with Crippen LogP contribution in [0.3, 0.4) is 0 Å². The van der Waals surface area contributed by atoms with E-state index in [1.165, 1.54) is 218 Å². The minimum Gasteiger partial charge on any atom is -0.462 e. The van der Waals surface area contributed by atoms with E-state index in [9.17, 15) is 43.2 Å². The van der Waals surface area contributed by atoms with Crippen LogP contribution in [0.1, 0.15) is 387 Å². The maximum absolute atomic E-state index is 13.1. The minimum absolute atomic E-state index is 0.107. The second-order valence-corrected chi connectivity index (χ2v) is 29.2. The van der Waals surface area contributed by atoms with Gasteiger partial charge in [0.05, 0.1) is 26.4 Å². The van der Waals surface area contributed by atoms with Gasteiger partial charge in [-0.1, -0.05) is 336 Å². The van der Waals surface area contributed by atoms with Crippen molar-refractivity contribution in [2.45, 2.75) is 406 Å². The number of phosphoric acid groups is 2. The Morgan fingerprint density at radius 2 is 0.435 bits per heavy atom. The Bertz CT molecular complexity index is 1760. The van der Waals surface area contributed by atoms with E-state index in [-0.39, 0.29) is 25.7 Å². The Morgan fingerprint density at radius 3 is 0.641 bits per heavy atom. The Hall–Kier alpha value is -1.94. The molecule has 0 rings (SSSR count). The van der Waals surface area contributed by atoms with Gasteiger partial charge in [0.25, 0.3) is 0 Å². The predicted octanol–water partition coefficient (Wildman–Crippen LogP) is 21.4. The first-order chi connectivity index (χ1) is 44.7. The van der Waals surface area contributed by atoms with Gasteiger partial charge in [-0.25, -0.2) is 9.13 Å². The van der Waals surface area contributed by atoms with Gasteiger partial charge < -0.3 is 33.8 Å². The minimum atomic E-state index is -4.95. The van der Waals surface area contributed by atoms with Crippen LogP contribution in [0.25, 0.3) is 0 Å². The molecule has 0 amide bonds. The summed E-state index contributed by atoms with van der Waals surface area (Å²) in [7, 11) is -9.90. The summed E-state index contributed by atoms with van der Waals surface area (Å²) in [6, 6.07) is 0. The molecule has 17 nitrogen and oxygen atoms in total. The average molecular weight is 1350 g/mol. The fourth-order valence-corrected chi connectivity index (χ4v) is 12.8. The topological polar surface area (TPSA) is 237 Å². The van der Waals surface area contributed by atoms with Gasteiger partial charge in [0.15, 0.2) is 12.2 Å². The third kappa shape index (κ3) is 66.7. The van der Waals surface area contributed by atoms with E-state index < -0.39 is 97.5 Å². The third-order valence-electron chi connectivity index (χ3n) is 17.1. The molecule has 5 atom stereocenters. The van der Waals surface area contributed by atoms with Crippen LogP contribution in [-0.2, 0) is 65.4 Å². The van der Waals surface area contributed by atoms with Crippen LogP contribution in [0.2, 0.25) is 0 Å². The molecule has 0 aromatic heterocycles. The molecule has 3 N–H and O–H groups in total. The Balaban J connectivity index is 5.21. The normalized spacial score (nSPS) is 13.9. The summed E-state index contributed by atoms with van der Waals surface area (Å²) >= 11 is 0. The van der Waals surface area contributed by atoms with Crippen molar-refractivity contribution >= 4 is 39.5 Å². The monoisotopic (exact) mass is 1350 g/mol. The van der Waals surface area contributed by atoms with Gasteiger partial charge in [0.2, 0.25) is 0 Å². The van der Waals surface area contributed by atoms with Crippen molar-refractivity contribution in [1.29, 1.82) is 0 Å². The quantitative estimate of drug-likeness (QED) is 0.0222. The molecule has 0 spiro atoms. The zero-order valence-corrected chi connectivity index (χ0v) is 61.3. The Morgan fingerprint density at radius 1 is 0.261 bits per heavy atom. The number of ether oxygens (including phenoxy) is 4. The predicted molar refractivity (Wildman–Crippen MR) is 372 cm³/mol. The average Bonchev–Trinajstić information content (AvgIpc) is 2.89. The van der Waals surface area contributed by atoms with Gasteiger partial charge in [-0.3, -0.25) is 37.3 Å². The van der Waals surface area contributed by atoms with Crippen LogP contribution in [0.5, 0.6) is 0 Å². The highest BCUT2D eigenvalue weighted by atomic mass is 31.2. The summed E-state index contributed by atoms with van der Waals surface area (Å²) in [6.07, 6.45) is 56.8. The van der Waals surface area contributed by atoms with E-state index >= 15 is 0 Å². The number of carbonyl (C=O) groups is 4.